The van der Waals surface area contributed by atoms with Crippen molar-refractivity contribution in [2.24, 2.45) is 5.73 Å². The second kappa shape index (κ2) is 5.93. The van der Waals surface area contributed by atoms with Crippen LogP contribution in [0.15, 0.2) is 30.3 Å². The highest BCUT2D eigenvalue weighted by molar-refractivity contribution is 5.50. The van der Waals surface area contributed by atoms with Crippen LogP contribution in [0.5, 0.6) is 5.75 Å². The predicted molar refractivity (Wildman–Crippen MR) is 79.2 cm³/mol. The molecule has 0 radical (unpaired) electrons. The third kappa shape index (κ3) is 2.66. The number of aromatic nitrogens is 1. The van der Waals surface area contributed by atoms with Crippen LogP contribution in [0.2, 0.25) is 0 Å². The standard InChI is InChI=1S/C16H22N2O/c1-12-11-14(7-6-10-17)13(2)18(12)15-8-4-5-9-16(15)19-3/h4-5,8-9,11H,6-7,10,17H2,1-3H3. The van der Waals surface area contributed by atoms with E-state index in [0.717, 1.165) is 30.8 Å². The molecule has 1 aromatic heterocycles. The first-order valence-electron chi connectivity index (χ1n) is 6.70. The van der Waals surface area contributed by atoms with Gasteiger partial charge in [0.05, 0.1) is 12.8 Å². The zero-order valence-corrected chi connectivity index (χ0v) is 11.9. The molecule has 19 heavy (non-hydrogen) atoms. The fourth-order valence-electron chi connectivity index (χ4n) is 2.56. The fourth-order valence-corrected chi connectivity index (χ4v) is 2.56. The minimum atomic E-state index is 0.734. The summed E-state index contributed by atoms with van der Waals surface area (Å²) < 4.78 is 7.71. The van der Waals surface area contributed by atoms with Gasteiger partial charge in [0.15, 0.2) is 0 Å². The third-order valence-electron chi connectivity index (χ3n) is 3.51. The summed E-state index contributed by atoms with van der Waals surface area (Å²) >= 11 is 0. The number of nitrogens with two attached hydrogens (primary N) is 1. The van der Waals surface area contributed by atoms with E-state index in [2.05, 4.69) is 30.5 Å². The Morgan fingerprint density at radius 1 is 1.21 bits per heavy atom. The highest BCUT2D eigenvalue weighted by atomic mass is 16.5. The normalized spacial score (nSPS) is 10.7. The Balaban J connectivity index is 2.47. The number of benzene rings is 1. The van der Waals surface area contributed by atoms with Gasteiger partial charge in [-0.05, 0) is 57.0 Å². The number of para-hydroxylation sites is 2. The molecule has 0 saturated carbocycles. The van der Waals surface area contributed by atoms with E-state index in [1.807, 2.05) is 18.2 Å². The minimum Gasteiger partial charge on any atom is -0.495 e. The number of rotatable bonds is 5. The Hall–Kier alpha value is -1.74. The van der Waals surface area contributed by atoms with Crippen LogP contribution in [0.3, 0.4) is 0 Å². The molecule has 1 heterocycles. The zero-order chi connectivity index (χ0) is 13.8. The molecule has 102 valence electrons. The summed E-state index contributed by atoms with van der Waals surface area (Å²) in [7, 11) is 1.71. The average Bonchev–Trinajstić information content (AvgIpc) is 2.71. The van der Waals surface area contributed by atoms with E-state index < -0.39 is 0 Å². The van der Waals surface area contributed by atoms with Crippen LogP contribution in [0, 0.1) is 13.8 Å². The first kappa shape index (κ1) is 13.7. The van der Waals surface area contributed by atoms with Gasteiger partial charge < -0.3 is 15.0 Å². The van der Waals surface area contributed by atoms with E-state index in [0.29, 0.717) is 0 Å². The van der Waals surface area contributed by atoms with Gasteiger partial charge >= 0.3 is 0 Å². The smallest absolute Gasteiger partial charge is 0.142 e. The van der Waals surface area contributed by atoms with Crippen LogP contribution in [-0.2, 0) is 6.42 Å². The van der Waals surface area contributed by atoms with E-state index in [9.17, 15) is 0 Å². The Morgan fingerprint density at radius 3 is 2.63 bits per heavy atom. The molecule has 0 aliphatic rings. The van der Waals surface area contributed by atoms with Gasteiger partial charge in [-0.2, -0.15) is 0 Å². The first-order chi connectivity index (χ1) is 9.19. The molecule has 2 N–H and O–H groups in total. The van der Waals surface area contributed by atoms with Crippen molar-refractivity contribution >= 4 is 0 Å². The van der Waals surface area contributed by atoms with Gasteiger partial charge in [0, 0.05) is 11.4 Å². The summed E-state index contributed by atoms with van der Waals surface area (Å²) in [6, 6.07) is 10.4. The molecule has 0 atom stereocenters. The molecule has 1 aromatic carbocycles. The van der Waals surface area contributed by atoms with E-state index in [1.165, 1.54) is 17.0 Å². The van der Waals surface area contributed by atoms with Gasteiger partial charge in [0.25, 0.3) is 0 Å². The quantitative estimate of drug-likeness (QED) is 0.895. The van der Waals surface area contributed by atoms with Crippen LogP contribution in [0.1, 0.15) is 23.4 Å². The summed E-state index contributed by atoms with van der Waals surface area (Å²) in [4.78, 5) is 0. The number of nitrogens with zero attached hydrogens (tertiary/aromatic N) is 1. The number of methoxy groups -OCH3 is 1. The average molecular weight is 258 g/mol. The van der Waals surface area contributed by atoms with Crippen molar-refractivity contribution in [3.8, 4) is 11.4 Å². The lowest BCUT2D eigenvalue weighted by Crippen LogP contribution is -2.03. The molecule has 3 nitrogen and oxygen atoms in total. The Morgan fingerprint density at radius 2 is 1.95 bits per heavy atom. The van der Waals surface area contributed by atoms with Crippen molar-refractivity contribution in [3.05, 3.63) is 47.3 Å². The molecule has 0 bridgehead atoms. The fraction of sp³-hybridized carbons (Fsp3) is 0.375. The first-order valence-corrected chi connectivity index (χ1v) is 6.70. The highest BCUT2D eigenvalue weighted by Crippen LogP contribution is 2.28. The Kier molecular flexibility index (Phi) is 4.27. The molecule has 0 fully saturated rings. The number of aryl methyl sites for hydroxylation is 2. The van der Waals surface area contributed by atoms with Crippen molar-refractivity contribution in [2.75, 3.05) is 13.7 Å². The Bertz CT molecular complexity index is 558. The predicted octanol–water partition coefficient (Wildman–Crippen LogP) is 2.99. The number of hydrogen-bond acceptors (Lipinski definition) is 2. The monoisotopic (exact) mass is 258 g/mol. The maximum atomic E-state index is 5.60. The zero-order valence-electron chi connectivity index (χ0n) is 11.9. The molecule has 0 aliphatic heterocycles. The largest absolute Gasteiger partial charge is 0.495 e. The van der Waals surface area contributed by atoms with Gasteiger partial charge in [-0.25, -0.2) is 0 Å². The van der Waals surface area contributed by atoms with Gasteiger partial charge in [-0.15, -0.1) is 0 Å². The van der Waals surface area contributed by atoms with E-state index >= 15 is 0 Å². The molecule has 3 heteroatoms. The van der Waals surface area contributed by atoms with Crippen molar-refractivity contribution in [1.29, 1.82) is 0 Å². The van der Waals surface area contributed by atoms with Crippen LogP contribution < -0.4 is 10.5 Å². The van der Waals surface area contributed by atoms with Crippen LogP contribution >= 0.6 is 0 Å². The summed E-state index contributed by atoms with van der Waals surface area (Å²) in [5, 5.41) is 0. The second-order valence-electron chi connectivity index (χ2n) is 4.80. The van der Waals surface area contributed by atoms with E-state index in [4.69, 9.17) is 10.5 Å². The molecule has 2 rings (SSSR count). The summed E-state index contributed by atoms with van der Waals surface area (Å²) in [6.07, 6.45) is 2.06. The van der Waals surface area contributed by atoms with Crippen LogP contribution in [0.25, 0.3) is 5.69 Å². The molecular formula is C16H22N2O. The van der Waals surface area contributed by atoms with Gasteiger partial charge in [-0.1, -0.05) is 12.1 Å². The second-order valence-corrected chi connectivity index (χ2v) is 4.80. The summed E-state index contributed by atoms with van der Waals surface area (Å²) in [5.41, 5.74) is 10.6. The number of ether oxygens (including phenoxy) is 1. The Labute approximate surface area is 115 Å². The van der Waals surface area contributed by atoms with Crippen molar-refractivity contribution in [3.63, 3.8) is 0 Å². The highest BCUT2D eigenvalue weighted by Gasteiger charge is 2.13. The lowest BCUT2D eigenvalue weighted by molar-refractivity contribution is 0.412. The SMILES string of the molecule is COc1ccccc1-n1c(C)cc(CCCN)c1C. The van der Waals surface area contributed by atoms with Gasteiger partial charge in [-0.3, -0.25) is 0 Å². The molecule has 0 spiro atoms. The van der Waals surface area contributed by atoms with E-state index in [-0.39, 0.29) is 0 Å². The van der Waals surface area contributed by atoms with Crippen LogP contribution in [-0.4, -0.2) is 18.2 Å². The topological polar surface area (TPSA) is 40.2 Å². The molecule has 0 amide bonds. The summed E-state index contributed by atoms with van der Waals surface area (Å²) in [6.45, 7) is 5.02. The third-order valence-corrected chi connectivity index (χ3v) is 3.51. The molecule has 0 unspecified atom stereocenters. The van der Waals surface area contributed by atoms with Gasteiger partial charge in [0.2, 0.25) is 0 Å². The molecule has 0 aliphatic carbocycles. The number of hydrogen-bond donors (Lipinski definition) is 1. The lowest BCUT2D eigenvalue weighted by Gasteiger charge is -2.14. The molecule has 0 saturated heterocycles. The van der Waals surface area contributed by atoms with Crippen molar-refractivity contribution in [1.82, 2.24) is 4.57 Å². The van der Waals surface area contributed by atoms with Crippen LogP contribution in [0.4, 0.5) is 0 Å². The maximum absolute atomic E-state index is 5.60. The molecular weight excluding hydrogens is 236 g/mol. The van der Waals surface area contributed by atoms with E-state index in [1.54, 1.807) is 7.11 Å². The van der Waals surface area contributed by atoms with Crippen molar-refractivity contribution in [2.45, 2.75) is 26.7 Å². The van der Waals surface area contributed by atoms with Crippen molar-refractivity contribution < 1.29 is 4.74 Å². The lowest BCUT2D eigenvalue weighted by atomic mass is 10.1. The summed E-state index contributed by atoms with van der Waals surface area (Å²) in [5.74, 6) is 0.898. The maximum Gasteiger partial charge on any atom is 0.142 e. The van der Waals surface area contributed by atoms with Gasteiger partial charge in [0.1, 0.15) is 5.75 Å². The molecule has 2 aromatic rings. The minimum absolute atomic E-state index is 0.734.